The SMILES string of the molecule is Clc1ccc([C@H]2COc3ccc(Cl)cc3C2)cc1. The lowest BCUT2D eigenvalue weighted by molar-refractivity contribution is 0.262. The molecule has 18 heavy (non-hydrogen) atoms. The van der Waals surface area contributed by atoms with Crippen molar-refractivity contribution in [2.75, 3.05) is 6.61 Å². The molecule has 1 aliphatic rings. The largest absolute Gasteiger partial charge is 0.493 e. The van der Waals surface area contributed by atoms with E-state index in [4.69, 9.17) is 27.9 Å². The highest BCUT2D eigenvalue weighted by Crippen LogP contribution is 2.34. The Balaban J connectivity index is 1.88. The third-order valence-electron chi connectivity index (χ3n) is 3.27. The number of benzene rings is 2. The average molecular weight is 279 g/mol. The van der Waals surface area contributed by atoms with E-state index in [1.165, 1.54) is 11.1 Å². The number of ether oxygens (including phenoxy) is 1. The Hall–Kier alpha value is -1.18. The van der Waals surface area contributed by atoms with Crippen LogP contribution in [0.1, 0.15) is 17.0 Å². The molecule has 92 valence electrons. The number of hydrogen-bond acceptors (Lipinski definition) is 1. The minimum absolute atomic E-state index is 0.369. The molecule has 0 saturated heterocycles. The molecule has 0 unspecified atom stereocenters. The molecule has 0 amide bonds. The van der Waals surface area contributed by atoms with Crippen LogP contribution in [-0.4, -0.2) is 6.61 Å². The van der Waals surface area contributed by atoms with Gasteiger partial charge in [-0.25, -0.2) is 0 Å². The maximum atomic E-state index is 6.02. The van der Waals surface area contributed by atoms with Crippen molar-refractivity contribution in [3.05, 3.63) is 63.6 Å². The molecule has 0 radical (unpaired) electrons. The van der Waals surface area contributed by atoms with Crippen molar-refractivity contribution < 1.29 is 4.74 Å². The van der Waals surface area contributed by atoms with E-state index < -0.39 is 0 Å². The molecule has 0 fully saturated rings. The molecule has 2 aromatic carbocycles. The third kappa shape index (κ3) is 2.33. The molecule has 0 bridgehead atoms. The fourth-order valence-electron chi connectivity index (χ4n) is 2.31. The summed E-state index contributed by atoms with van der Waals surface area (Å²) >= 11 is 11.9. The summed E-state index contributed by atoms with van der Waals surface area (Å²) in [4.78, 5) is 0. The lowest BCUT2D eigenvalue weighted by Gasteiger charge is -2.25. The third-order valence-corrected chi connectivity index (χ3v) is 3.76. The van der Waals surface area contributed by atoms with Gasteiger partial charge in [-0.05, 0) is 47.9 Å². The highest BCUT2D eigenvalue weighted by atomic mass is 35.5. The van der Waals surface area contributed by atoms with Crippen LogP contribution >= 0.6 is 23.2 Å². The predicted molar refractivity (Wildman–Crippen MR) is 74.8 cm³/mol. The fraction of sp³-hybridized carbons (Fsp3) is 0.200. The standard InChI is InChI=1S/C15H12Cl2O/c16-13-3-1-10(2-4-13)12-7-11-8-14(17)5-6-15(11)18-9-12/h1-6,8,12H,7,9H2/t12-/m1/s1. The maximum Gasteiger partial charge on any atom is 0.122 e. The van der Waals surface area contributed by atoms with Crippen LogP contribution in [0.3, 0.4) is 0 Å². The first kappa shape index (κ1) is 11.9. The molecule has 0 aromatic heterocycles. The zero-order chi connectivity index (χ0) is 12.5. The maximum absolute atomic E-state index is 6.02. The van der Waals surface area contributed by atoms with Crippen molar-refractivity contribution >= 4 is 23.2 Å². The van der Waals surface area contributed by atoms with Gasteiger partial charge in [0.25, 0.3) is 0 Å². The van der Waals surface area contributed by atoms with Gasteiger partial charge in [-0.15, -0.1) is 0 Å². The van der Waals surface area contributed by atoms with Crippen LogP contribution in [0, 0.1) is 0 Å². The topological polar surface area (TPSA) is 9.23 Å². The summed E-state index contributed by atoms with van der Waals surface area (Å²) < 4.78 is 5.78. The van der Waals surface area contributed by atoms with Gasteiger partial charge in [-0.1, -0.05) is 35.3 Å². The molecule has 1 heterocycles. The van der Waals surface area contributed by atoms with Crippen LogP contribution in [0.2, 0.25) is 10.0 Å². The van der Waals surface area contributed by atoms with E-state index >= 15 is 0 Å². The Labute approximate surface area is 116 Å². The zero-order valence-electron chi connectivity index (χ0n) is 9.70. The molecule has 1 nitrogen and oxygen atoms in total. The molecule has 0 spiro atoms. The van der Waals surface area contributed by atoms with E-state index in [1.807, 2.05) is 30.3 Å². The van der Waals surface area contributed by atoms with Crippen LogP contribution in [0.25, 0.3) is 0 Å². The van der Waals surface area contributed by atoms with E-state index in [0.717, 1.165) is 22.2 Å². The lowest BCUT2D eigenvalue weighted by Crippen LogP contribution is -2.19. The van der Waals surface area contributed by atoms with E-state index in [0.29, 0.717) is 12.5 Å². The van der Waals surface area contributed by atoms with Crippen molar-refractivity contribution in [2.45, 2.75) is 12.3 Å². The molecule has 0 saturated carbocycles. The fourth-order valence-corrected chi connectivity index (χ4v) is 2.63. The van der Waals surface area contributed by atoms with Gasteiger partial charge in [0.2, 0.25) is 0 Å². The van der Waals surface area contributed by atoms with Crippen LogP contribution in [0.4, 0.5) is 0 Å². The lowest BCUT2D eigenvalue weighted by atomic mass is 9.90. The second kappa shape index (κ2) is 4.83. The Morgan fingerprint density at radius 1 is 0.944 bits per heavy atom. The first-order valence-electron chi connectivity index (χ1n) is 5.89. The van der Waals surface area contributed by atoms with Gasteiger partial charge < -0.3 is 4.74 Å². The second-order valence-corrected chi connectivity index (χ2v) is 5.39. The monoisotopic (exact) mass is 278 g/mol. The van der Waals surface area contributed by atoms with Gasteiger partial charge in [0.05, 0.1) is 6.61 Å². The molecular formula is C15H12Cl2O. The Morgan fingerprint density at radius 3 is 2.44 bits per heavy atom. The molecule has 2 aromatic rings. The van der Waals surface area contributed by atoms with Crippen molar-refractivity contribution in [3.63, 3.8) is 0 Å². The summed E-state index contributed by atoms with van der Waals surface area (Å²) in [6, 6.07) is 13.8. The molecule has 0 N–H and O–H groups in total. The Bertz CT molecular complexity index is 563. The summed E-state index contributed by atoms with van der Waals surface area (Å²) in [7, 11) is 0. The number of halogens is 2. The van der Waals surface area contributed by atoms with Crippen LogP contribution in [-0.2, 0) is 6.42 Å². The Kier molecular flexibility index (Phi) is 3.19. The minimum atomic E-state index is 0.369. The van der Waals surface area contributed by atoms with Gasteiger partial charge >= 0.3 is 0 Å². The number of rotatable bonds is 1. The van der Waals surface area contributed by atoms with Gasteiger partial charge in [-0.2, -0.15) is 0 Å². The first-order chi connectivity index (χ1) is 8.72. The second-order valence-electron chi connectivity index (χ2n) is 4.52. The summed E-state index contributed by atoms with van der Waals surface area (Å²) in [6.07, 6.45) is 0.956. The Morgan fingerprint density at radius 2 is 1.67 bits per heavy atom. The van der Waals surface area contributed by atoms with E-state index in [1.54, 1.807) is 0 Å². The van der Waals surface area contributed by atoms with E-state index in [2.05, 4.69) is 12.1 Å². The van der Waals surface area contributed by atoms with Crippen molar-refractivity contribution in [2.24, 2.45) is 0 Å². The molecule has 3 rings (SSSR count). The predicted octanol–water partition coefficient (Wildman–Crippen LogP) is 4.71. The van der Waals surface area contributed by atoms with Gasteiger partial charge in [-0.3, -0.25) is 0 Å². The average Bonchev–Trinajstić information content (AvgIpc) is 2.38. The zero-order valence-corrected chi connectivity index (χ0v) is 11.2. The van der Waals surface area contributed by atoms with Crippen molar-refractivity contribution in [1.82, 2.24) is 0 Å². The minimum Gasteiger partial charge on any atom is -0.493 e. The molecule has 1 aliphatic heterocycles. The van der Waals surface area contributed by atoms with Crippen LogP contribution in [0.15, 0.2) is 42.5 Å². The van der Waals surface area contributed by atoms with Gasteiger partial charge in [0.15, 0.2) is 0 Å². The van der Waals surface area contributed by atoms with Crippen molar-refractivity contribution in [1.29, 1.82) is 0 Å². The summed E-state index contributed by atoms with van der Waals surface area (Å²) in [5.41, 5.74) is 2.43. The first-order valence-corrected chi connectivity index (χ1v) is 6.64. The smallest absolute Gasteiger partial charge is 0.122 e. The quantitative estimate of drug-likeness (QED) is 0.734. The summed E-state index contributed by atoms with van der Waals surface area (Å²) in [6.45, 7) is 0.705. The molecular weight excluding hydrogens is 267 g/mol. The molecule has 3 heteroatoms. The highest BCUT2D eigenvalue weighted by molar-refractivity contribution is 6.30. The van der Waals surface area contributed by atoms with Crippen LogP contribution in [0.5, 0.6) is 5.75 Å². The van der Waals surface area contributed by atoms with Crippen LogP contribution < -0.4 is 4.74 Å². The summed E-state index contributed by atoms with van der Waals surface area (Å²) in [5, 5.41) is 1.52. The van der Waals surface area contributed by atoms with Gasteiger partial charge in [0, 0.05) is 16.0 Å². The normalized spacial score (nSPS) is 18.0. The molecule has 0 aliphatic carbocycles. The summed E-state index contributed by atoms with van der Waals surface area (Å²) in [5.74, 6) is 1.32. The van der Waals surface area contributed by atoms with E-state index in [9.17, 15) is 0 Å². The van der Waals surface area contributed by atoms with Gasteiger partial charge in [0.1, 0.15) is 5.75 Å². The number of fused-ring (bicyclic) bond motifs is 1. The number of hydrogen-bond donors (Lipinski definition) is 0. The molecule has 1 atom stereocenters. The highest BCUT2D eigenvalue weighted by Gasteiger charge is 2.21. The van der Waals surface area contributed by atoms with Crippen molar-refractivity contribution in [3.8, 4) is 5.75 Å². The van der Waals surface area contributed by atoms with E-state index in [-0.39, 0.29) is 0 Å².